The second kappa shape index (κ2) is 4.88. The monoisotopic (exact) mass is 219 g/mol. The van der Waals surface area contributed by atoms with Gasteiger partial charge in [0, 0.05) is 12.0 Å². The van der Waals surface area contributed by atoms with Crippen LogP contribution in [-0.2, 0) is 5.41 Å². The van der Waals surface area contributed by atoms with Crippen LogP contribution in [0.4, 0.5) is 0 Å². The smallest absolute Gasteiger partial charge is 0.115 e. The van der Waals surface area contributed by atoms with Crippen molar-refractivity contribution in [2.24, 2.45) is 0 Å². The highest BCUT2D eigenvalue weighted by Crippen LogP contribution is 2.35. The third kappa shape index (κ3) is 2.22. The zero-order valence-electron chi connectivity index (χ0n) is 10.00. The van der Waals surface area contributed by atoms with Crippen LogP contribution in [0, 0.1) is 0 Å². The van der Waals surface area contributed by atoms with E-state index in [-0.39, 0.29) is 5.41 Å². The maximum Gasteiger partial charge on any atom is 0.115 e. The van der Waals surface area contributed by atoms with E-state index < -0.39 is 0 Å². The molecule has 0 spiro atoms. The summed E-state index contributed by atoms with van der Waals surface area (Å²) in [5, 5.41) is 13.1. The molecule has 1 aliphatic heterocycles. The molecule has 0 saturated carbocycles. The first kappa shape index (κ1) is 11.5. The molecule has 2 heteroatoms. The van der Waals surface area contributed by atoms with Crippen LogP contribution in [0.5, 0.6) is 5.75 Å². The van der Waals surface area contributed by atoms with Crippen LogP contribution < -0.4 is 5.32 Å². The van der Waals surface area contributed by atoms with Gasteiger partial charge in [-0.3, -0.25) is 0 Å². The van der Waals surface area contributed by atoms with Crippen molar-refractivity contribution in [1.29, 1.82) is 0 Å². The first-order chi connectivity index (χ1) is 7.77. The number of rotatable bonds is 2. The minimum absolute atomic E-state index is 0.218. The molecule has 0 aliphatic carbocycles. The van der Waals surface area contributed by atoms with E-state index in [1.165, 1.54) is 24.8 Å². The molecule has 1 heterocycles. The fraction of sp³-hybridized carbons (Fsp3) is 0.571. The lowest BCUT2D eigenvalue weighted by molar-refractivity contribution is 0.374. The van der Waals surface area contributed by atoms with Crippen LogP contribution in [0.25, 0.3) is 0 Å². The molecule has 1 aromatic carbocycles. The molecule has 16 heavy (non-hydrogen) atoms. The summed E-state index contributed by atoms with van der Waals surface area (Å²) in [7, 11) is 0. The lowest BCUT2D eigenvalue weighted by atomic mass is 9.74. The highest BCUT2D eigenvalue weighted by molar-refractivity contribution is 5.33. The summed E-state index contributed by atoms with van der Waals surface area (Å²) in [5.74, 6) is 0.384. The number of phenolic OH excluding ortho intramolecular Hbond substituents is 1. The Kier molecular flexibility index (Phi) is 3.49. The van der Waals surface area contributed by atoms with E-state index >= 15 is 0 Å². The third-order valence-electron chi connectivity index (χ3n) is 3.86. The predicted octanol–water partition coefficient (Wildman–Crippen LogP) is 2.81. The summed E-state index contributed by atoms with van der Waals surface area (Å²) in [6.45, 7) is 4.41. The molecule has 1 aliphatic rings. The number of hydrogen-bond donors (Lipinski definition) is 2. The van der Waals surface area contributed by atoms with Gasteiger partial charge in [0.15, 0.2) is 0 Å². The summed E-state index contributed by atoms with van der Waals surface area (Å²) in [5.41, 5.74) is 1.50. The van der Waals surface area contributed by atoms with Crippen molar-refractivity contribution in [3.63, 3.8) is 0 Å². The molecule has 0 aromatic heterocycles. The van der Waals surface area contributed by atoms with Crippen molar-refractivity contribution in [3.05, 3.63) is 29.8 Å². The van der Waals surface area contributed by atoms with Crippen molar-refractivity contribution in [3.8, 4) is 5.75 Å². The largest absolute Gasteiger partial charge is 0.508 e. The second-order valence-corrected chi connectivity index (χ2v) is 4.82. The zero-order chi connectivity index (χ0) is 11.4. The maximum atomic E-state index is 9.60. The van der Waals surface area contributed by atoms with Crippen LogP contribution >= 0.6 is 0 Å². The Labute approximate surface area is 97.7 Å². The van der Waals surface area contributed by atoms with E-state index in [2.05, 4.69) is 18.3 Å². The van der Waals surface area contributed by atoms with Crippen molar-refractivity contribution in [2.75, 3.05) is 13.1 Å². The van der Waals surface area contributed by atoms with Gasteiger partial charge in [0.1, 0.15) is 5.75 Å². The molecule has 2 nitrogen and oxygen atoms in total. The fourth-order valence-corrected chi connectivity index (χ4v) is 2.72. The van der Waals surface area contributed by atoms with Crippen molar-refractivity contribution >= 4 is 0 Å². The SMILES string of the molecule is CC[C@@]1(c2cccc(O)c2)CCCCNC1. The first-order valence-corrected chi connectivity index (χ1v) is 6.27. The van der Waals surface area contributed by atoms with E-state index in [0.717, 1.165) is 19.5 Å². The van der Waals surface area contributed by atoms with E-state index in [0.29, 0.717) is 5.75 Å². The summed E-state index contributed by atoms with van der Waals surface area (Å²) in [6.07, 6.45) is 4.89. The molecular weight excluding hydrogens is 198 g/mol. The van der Waals surface area contributed by atoms with Crippen LogP contribution in [0.1, 0.15) is 38.2 Å². The Balaban J connectivity index is 2.31. The minimum Gasteiger partial charge on any atom is -0.508 e. The Morgan fingerprint density at radius 1 is 1.38 bits per heavy atom. The van der Waals surface area contributed by atoms with Gasteiger partial charge in [-0.15, -0.1) is 0 Å². The van der Waals surface area contributed by atoms with E-state index in [1.54, 1.807) is 6.07 Å². The van der Waals surface area contributed by atoms with E-state index in [9.17, 15) is 5.11 Å². The maximum absolute atomic E-state index is 9.60. The second-order valence-electron chi connectivity index (χ2n) is 4.82. The van der Waals surface area contributed by atoms with E-state index in [1.807, 2.05) is 12.1 Å². The van der Waals surface area contributed by atoms with Gasteiger partial charge in [-0.25, -0.2) is 0 Å². The Morgan fingerprint density at radius 2 is 2.25 bits per heavy atom. The van der Waals surface area contributed by atoms with Gasteiger partial charge in [0.2, 0.25) is 0 Å². The molecule has 1 fully saturated rings. The number of hydrogen-bond acceptors (Lipinski definition) is 2. The summed E-state index contributed by atoms with van der Waals surface area (Å²) < 4.78 is 0. The summed E-state index contributed by atoms with van der Waals surface area (Å²) >= 11 is 0. The summed E-state index contributed by atoms with van der Waals surface area (Å²) in [4.78, 5) is 0. The molecule has 1 aromatic rings. The normalized spacial score (nSPS) is 26.3. The number of nitrogens with one attached hydrogen (secondary N) is 1. The van der Waals surface area contributed by atoms with Crippen LogP contribution in [0.3, 0.4) is 0 Å². The molecule has 0 amide bonds. The molecule has 88 valence electrons. The highest BCUT2D eigenvalue weighted by Gasteiger charge is 2.31. The van der Waals surface area contributed by atoms with Gasteiger partial charge in [-0.2, -0.15) is 0 Å². The predicted molar refractivity (Wildman–Crippen MR) is 66.8 cm³/mol. The minimum atomic E-state index is 0.218. The van der Waals surface area contributed by atoms with Gasteiger partial charge in [-0.05, 0) is 43.5 Å². The summed E-state index contributed by atoms with van der Waals surface area (Å²) in [6, 6.07) is 7.77. The molecular formula is C14H21NO. The molecule has 2 rings (SSSR count). The molecule has 0 bridgehead atoms. The van der Waals surface area contributed by atoms with Gasteiger partial charge in [0.25, 0.3) is 0 Å². The van der Waals surface area contributed by atoms with Crippen molar-refractivity contribution in [2.45, 2.75) is 38.0 Å². The van der Waals surface area contributed by atoms with Gasteiger partial charge in [-0.1, -0.05) is 25.5 Å². The molecule has 0 radical (unpaired) electrons. The number of benzene rings is 1. The van der Waals surface area contributed by atoms with Gasteiger partial charge >= 0.3 is 0 Å². The average molecular weight is 219 g/mol. The number of aromatic hydroxyl groups is 1. The molecule has 2 N–H and O–H groups in total. The van der Waals surface area contributed by atoms with Crippen molar-refractivity contribution in [1.82, 2.24) is 5.32 Å². The Bertz CT molecular complexity index is 340. The van der Waals surface area contributed by atoms with Crippen molar-refractivity contribution < 1.29 is 5.11 Å². The van der Waals surface area contributed by atoms with Crippen LogP contribution in [0.2, 0.25) is 0 Å². The van der Waals surface area contributed by atoms with Gasteiger partial charge in [0.05, 0.1) is 0 Å². The standard InChI is InChI=1S/C14H21NO/c1-2-14(8-3-4-9-15-11-14)12-6-5-7-13(16)10-12/h5-7,10,15-16H,2-4,8-9,11H2,1H3/t14-/m1/s1. The topological polar surface area (TPSA) is 32.3 Å². The lowest BCUT2D eigenvalue weighted by Crippen LogP contribution is -2.36. The quantitative estimate of drug-likeness (QED) is 0.801. The Hall–Kier alpha value is -1.02. The number of phenols is 1. The Morgan fingerprint density at radius 3 is 3.00 bits per heavy atom. The zero-order valence-corrected chi connectivity index (χ0v) is 10.00. The lowest BCUT2D eigenvalue weighted by Gasteiger charge is -2.32. The van der Waals surface area contributed by atoms with E-state index in [4.69, 9.17) is 0 Å². The first-order valence-electron chi connectivity index (χ1n) is 6.27. The third-order valence-corrected chi connectivity index (χ3v) is 3.86. The van der Waals surface area contributed by atoms with Crippen LogP contribution in [-0.4, -0.2) is 18.2 Å². The molecule has 0 unspecified atom stereocenters. The van der Waals surface area contributed by atoms with Crippen LogP contribution in [0.15, 0.2) is 24.3 Å². The fourth-order valence-electron chi connectivity index (χ4n) is 2.72. The van der Waals surface area contributed by atoms with Gasteiger partial charge < -0.3 is 10.4 Å². The molecule has 1 saturated heterocycles. The molecule has 1 atom stereocenters. The highest BCUT2D eigenvalue weighted by atomic mass is 16.3. The average Bonchev–Trinajstić information content (AvgIpc) is 2.55.